The Kier molecular flexibility index (Phi) is 5.39. The van der Waals surface area contributed by atoms with E-state index in [2.05, 4.69) is 21.2 Å². The van der Waals surface area contributed by atoms with Crippen LogP contribution in [0.2, 0.25) is 0 Å². The number of carbonyl (C=O) groups is 1. The summed E-state index contributed by atoms with van der Waals surface area (Å²) in [6.45, 7) is 0. The molecular weight excluding hydrogens is 418 g/mol. The van der Waals surface area contributed by atoms with Crippen molar-refractivity contribution in [2.45, 2.75) is 25.7 Å². The molecule has 1 aliphatic rings. The van der Waals surface area contributed by atoms with Crippen LogP contribution in [0.1, 0.15) is 23.2 Å². The monoisotopic (exact) mass is 437 g/mol. The van der Waals surface area contributed by atoms with Crippen molar-refractivity contribution < 1.29 is 9.53 Å². The summed E-state index contributed by atoms with van der Waals surface area (Å²) in [5.74, 6) is 1.35. The van der Waals surface area contributed by atoms with Gasteiger partial charge in [-0.25, -0.2) is 9.97 Å². The molecule has 0 aliphatic heterocycles. The summed E-state index contributed by atoms with van der Waals surface area (Å²) in [6, 6.07) is 15.8. The maximum absolute atomic E-state index is 11.4. The van der Waals surface area contributed by atoms with Gasteiger partial charge in [-0.15, -0.1) is 0 Å². The molecule has 1 aliphatic carbocycles. The van der Waals surface area contributed by atoms with Crippen molar-refractivity contribution in [3.63, 3.8) is 0 Å². The standard InChI is InChI=1S/C22H20BrN3O2/c1-28-20(27)13-14-5-11-17(12-6-14)24-22-18-3-2-4-19(18)25-21(26-22)15-7-9-16(23)10-8-15/h5-12H,2-4,13H2,1H3,(H,24,25,26). The third kappa shape index (κ3) is 4.07. The van der Waals surface area contributed by atoms with E-state index in [1.54, 1.807) is 0 Å². The van der Waals surface area contributed by atoms with E-state index in [0.717, 1.165) is 57.9 Å². The number of ether oxygens (including phenoxy) is 1. The number of methoxy groups -OCH3 is 1. The van der Waals surface area contributed by atoms with Crippen molar-refractivity contribution in [2.24, 2.45) is 0 Å². The van der Waals surface area contributed by atoms with Gasteiger partial charge in [0.15, 0.2) is 5.82 Å². The summed E-state index contributed by atoms with van der Waals surface area (Å²) in [5, 5.41) is 3.44. The van der Waals surface area contributed by atoms with Gasteiger partial charge in [-0.05, 0) is 49.1 Å². The average Bonchev–Trinajstić information content (AvgIpc) is 3.19. The molecule has 4 rings (SSSR count). The van der Waals surface area contributed by atoms with Gasteiger partial charge in [0.2, 0.25) is 0 Å². The van der Waals surface area contributed by atoms with Crippen LogP contribution in [0.5, 0.6) is 0 Å². The molecule has 0 unspecified atom stereocenters. The Bertz CT molecular complexity index is 1000. The molecule has 28 heavy (non-hydrogen) atoms. The highest BCUT2D eigenvalue weighted by atomic mass is 79.9. The van der Waals surface area contributed by atoms with E-state index in [0.29, 0.717) is 0 Å². The second kappa shape index (κ2) is 8.10. The molecule has 0 bridgehead atoms. The van der Waals surface area contributed by atoms with Gasteiger partial charge in [0.25, 0.3) is 0 Å². The zero-order valence-corrected chi connectivity index (χ0v) is 17.1. The summed E-state index contributed by atoms with van der Waals surface area (Å²) in [7, 11) is 1.40. The van der Waals surface area contributed by atoms with E-state index in [9.17, 15) is 4.79 Å². The summed E-state index contributed by atoms with van der Waals surface area (Å²) < 4.78 is 5.75. The van der Waals surface area contributed by atoms with Crippen LogP contribution in [0, 0.1) is 0 Å². The molecule has 5 nitrogen and oxygen atoms in total. The summed E-state index contributed by atoms with van der Waals surface area (Å²) in [5.41, 5.74) is 5.16. The van der Waals surface area contributed by atoms with E-state index in [1.165, 1.54) is 12.7 Å². The lowest BCUT2D eigenvalue weighted by molar-refractivity contribution is -0.139. The highest BCUT2D eigenvalue weighted by Gasteiger charge is 2.20. The summed E-state index contributed by atoms with van der Waals surface area (Å²) in [4.78, 5) is 21.0. The van der Waals surface area contributed by atoms with Gasteiger partial charge in [0.05, 0.1) is 13.5 Å². The van der Waals surface area contributed by atoms with E-state index < -0.39 is 0 Å². The van der Waals surface area contributed by atoms with E-state index in [4.69, 9.17) is 14.7 Å². The first-order valence-electron chi connectivity index (χ1n) is 9.21. The largest absolute Gasteiger partial charge is 0.469 e. The van der Waals surface area contributed by atoms with Gasteiger partial charge < -0.3 is 10.1 Å². The lowest BCUT2D eigenvalue weighted by Gasteiger charge is -2.13. The summed E-state index contributed by atoms with van der Waals surface area (Å²) >= 11 is 3.47. The molecule has 0 radical (unpaired) electrons. The third-order valence-electron chi connectivity index (χ3n) is 4.83. The predicted octanol–water partition coefficient (Wildman–Crippen LogP) is 4.85. The zero-order chi connectivity index (χ0) is 19.5. The number of halogens is 1. The number of nitrogens with one attached hydrogen (secondary N) is 1. The SMILES string of the molecule is COC(=O)Cc1ccc(Nc2nc(-c3ccc(Br)cc3)nc3c2CCC3)cc1. The number of hydrogen-bond acceptors (Lipinski definition) is 5. The topological polar surface area (TPSA) is 64.1 Å². The Labute approximate surface area is 172 Å². The van der Waals surface area contributed by atoms with Gasteiger partial charge in [0.1, 0.15) is 5.82 Å². The first-order chi connectivity index (χ1) is 13.6. The Morgan fingerprint density at radius 3 is 2.54 bits per heavy atom. The number of benzene rings is 2. The average molecular weight is 438 g/mol. The second-order valence-electron chi connectivity index (χ2n) is 6.76. The molecule has 6 heteroatoms. The number of hydrogen-bond donors (Lipinski definition) is 1. The molecule has 2 aromatic carbocycles. The number of rotatable bonds is 5. The number of aryl methyl sites for hydroxylation is 1. The molecule has 3 aromatic rings. The van der Waals surface area contributed by atoms with Gasteiger partial charge in [0, 0.05) is 27.0 Å². The maximum atomic E-state index is 11.4. The van der Waals surface area contributed by atoms with Crippen LogP contribution < -0.4 is 5.32 Å². The van der Waals surface area contributed by atoms with Crippen molar-refractivity contribution in [1.29, 1.82) is 0 Å². The third-order valence-corrected chi connectivity index (χ3v) is 5.36. The molecule has 1 heterocycles. The number of aromatic nitrogens is 2. The van der Waals surface area contributed by atoms with E-state index in [-0.39, 0.29) is 12.4 Å². The number of nitrogens with zero attached hydrogens (tertiary/aromatic N) is 2. The van der Waals surface area contributed by atoms with Crippen molar-refractivity contribution in [3.05, 3.63) is 69.8 Å². The number of fused-ring (bicyclic) bond motifs is 1. The van der Waals surface area contributed by atoms with Crippen LogP contribution in [0.15, 0.2) is 53.0 Å². The smallest absolute Gasteiger partial charge is 0.309 e. The Morgan fingerprint density at radius 1 is 1.07 bits per heavy atom. The quantitative estimate of drug-likeness (QED) is 0.577. The minimum Gasteiger partial charge on any atom is -0.469 e. The minimum atomic E-state index is -0.242. The Balaban J connectivity index is 1.62. The Hall–Kier alpha value is -2.73. The number of carbonyl (C=O) groups excluding carboxylic acids is 1. The molecule has 0 amide bonds. The first kappa shape index (κ1) is 18.6. The zero-order valence-electron chi connectivity index (χ0n) is 15.5. The molecule has 0 atom stereocenters. The minimum absolute atomic E-state index is 0.242. The van der Waals surface area contributed by atoms with Gasteiger partial charge >= 0.3 is 5.97 Å². The van der Waals surface area contributed by atoms with Crippen LogP contribution in [-0.4, -0.2) is 23.0 Å². The lowest BCUT2D eigenvalue weighted by atomic mass is 10.1. The highest BCUT2D eigenvalue weighted by molar-refractivity contribution is 9.10. The molecular formula is C22H20BrN3O2. The fraction of sp³-hybridized carbons (Fsp3) is 0.227. The molecule has 0 saturated heterocycles. The van der Waals surface area contributed by atoms with Crippen LogP contribution >= 0.6 is 15.9 Å². The summed E-state index contributed by atoms with van der Waals surface area (Å²) in [6.07, 6.45) is 3.33. The number of anilines is 2. The lowest BCUT2D eigenvalue weighted by Crippen LogP contribution is -2.05. The molecule has 142 valence electrons. The van der Waals surface area contributed by atoms with Crippen molar-refractivity contribution in [2.75, 3.05) is 12.4 Å². The van der Waals surface area contributed by atoms with Crippen LogP contribution in [0.4, 0.5) is 11.5 Å². The number of esters is 1. The van der Waals surface area contributed by atoms with E-state index in [1.807, 2.05) is 48.5 Å². The van der Waals surface area contributed by atoms with Gasteiger partial charge in [-0.3, -0.25) is 4.79 Å². The van der Waals surface area contributed by atoms with Crippen molar-refractivity contribution >= 4 is 33.4 Å². The Morgan fingerprint density at radius 2 is 1.82 bits per heavy atom. The van der Waals surface area contributed by atoms with Crippen LogP contribution in [0.3, 0.4) is 0 Å². The highest BCUT2D eigenvalue weighted by Crippen LogP contribution is 2.31. The fourth-order valence-corrected chi connectivity index (χ4v) is 3.61. The second-order valence-corrected chi connectivity index (χ2v) is 7.67. The van der Waals surface area contributed by atoms with Gasteiger partial charge in [-0.1, -0.05) is 40.2 Å². The van der Waals surface area contributed by atoms with Crippen LogP contribution in [-0.2, 0) is 28.8 Å². The molecule has 0 fully saturated rings. The van der Waals surface area contributed by atoms with Crippen LogP contribution in [0.25, 0.3) is 11.4 Å². The van der Waals surface area contributed by atoms with Crippen molar-refractivity contribution in [3.8, 4) is 11.4 Å². The molecule has 0 saturated carbocycles. The van der Waals surface area contributed by atoms with Gasteiger partial charge in [-0.2, -0.15) is 0 Å². The van der Waals surface area contributed by atoms with Crippen molar-refractivity contribution in [1.82, 2.24) is 9.97 Å². The first-order valence-corrected chi connectivity index (χ1v) is 10.00. The molecule has 1 N–H and O–H groups in total. The maximum Gasteiger partial charge on any atom is 0.309 e. The molecule has 0 spiro atoms. The predicted molar refractivity (Wildman–Crippen MR) is 113 cm³/mol. The fourth-order valence-electron chi connectivity index (χ4n) is 3.35. The molecule has 1 aromatic heterocycles. The normalized spacial score (nSPS) is 12.5. The van der Waals surface area contributed by atoms with E-state index >= 15 is 0 Å².